The molecule has 3 fully saturated rings. The fourth-order valence-electron chi connectivity index (χ4n) is 4.48. The number of hydrogen-bond acceptors (Lipinski definition) is 7. The van der Waals surface area contributed by atoms with E-state index in [1.165, 1.54) is 22.9 Å². The molecule has 2 atom stereocenters. The lowest BCUT2D eigenvalue weighted by atomic mass is 10.2. The van der Waals surface area contributed by atoms with Crippen molar-refractivity contribution in [2.24, 2.45) is 0 Å². The topological polar surface area (TPSA) is 119 Å². The standard InChI is InChI=1S/C23H26FN7O4/c1-15(32)27-20-13-23(20)14-30(22(34)35-23)17-2-3-19(18(24)12-17)29-9-8-26-31(11-10-29)21(33)28-16-4-6-25-7-5-16/h2-7,12,20,26H,8-11,13-14H2,1H3,(H,27,32)(H,25,28,33)/t20-,23-/m0/s1. The smallest absolute Gasteiger partial charge is 0.415 e. The molecule has 184 valence electrons. The van der Waals surface area contributed by atoms with Gasteiger partial charge >= 0.3 is 12.1 Å². The summed E-state index contributed by atoms with van der Waals surface area (Å²) in [5.41, 5.74) is 3.73. The number of hydrogen-bond donors (Lipinski definition) is 3. The van der Waals surface area contributed by atoms with Gasteiger partial charge in [0.15, 0.2) is 5.60 Å². The van der Waals surface area contributed by atoms with Crippen LogP contribution in [0.1, 0.15) is 13.3 Å². The predicted molar refractivity (Wildman–Crippen MR) is 125 cm³/mol. The van der Waals surface area contributed by atoms with Gasteiger partial charge in [0.1, 0.15) is 5.82 Å². The van der Waals surface area contributed by atoms with Gasteiger partial charge in [0.25, 0.3) is 0 Å². The highest BCUT2D eigenvalue weighted by molar-refractivity contribution is 5.91. The molecule has 1 spiro atoms. The number of anilines is 3. The summed E-state index contributed by atoms with van der Waals surface area (Å²) in [6, 6.07) is 7.49. The second kappa shape index (κ2) is 9.02. The third-order valence-electron chi connectivity index (χ3n) is 6.38. The number of nitrogens with one attached hydrogen (secondary N) is 3. The zero-order valence-corrected chi connectivity index (χ0v) is 19.2. The molecule has 3 aliphatic rings. The number of halogens is 1. The number of urea groups is 1. The van der Waals surface area contributed by atoms with Crippen LogP contribution in [0.25, 0.3) is 0 Å². The van der Waals surface area contributed by atoms with E-state index in [4.69, 9.17) is 4.74 Å². The monoisotopic (exact) mass is 483 g/mol. The molecule has 1 aromatic carbocycles. The Morgan fingerprint density at radius 1 is 1.20 bits per heavy atom. The van der Waals surface area contributed by atoms with Crippen LogP contribution in [0.3, 0.4) is 0 Å². The SMILES string of the molecule is CC(=O)N[C@H]1C[C@]12CN(c1ccc(N3CCNN(C(=O)Nc4ccncc4)CC3)c(F)c1)C(=O)O2. The number of carbonyl (C=O) groups is 3. The summed E-state index contributed by atoms with van der Waals surface area (Å²) in [6.07, 6.45) is 3.17. The van der Waals surface area contributed by atoms with E-state index in [9.17, 15) is 14.4 Å². The highest BCUT2D eigenvalue weighted by Crippen LogP contribution is 2.46. The first-order chi connectivity index (χ1) is 16.8. The molecule has 0 radical (unpaired) electrons. The average Bonchev–Trinajstić information content (AvgIpc) is 3.44. The first-order valence-electron chi connectivity index (χ1n) is 11.4. The molecule has 12 heteroatoms. The Morgan fingerprint density at radius 3 is 2.74 bits per heavy atom. The van der Waals surface area contributed by atoms with Crippen LogP contribution in [0.15, 0.2) is 42.7 Å². The quantitative estimate of drug-likeness (QED) is 0.606. The van der Waals surface area contributed by atoms with Gasteiger partial charge in [-0.25, -0.2) is 19.4 Å². The Bertz CT molecular complexity index is 1150. The van der Waals surface area contributed by atoms with Gasteiger partial charge in [0, 0.05) is 51.1 Å². The van der Waals surface area contributed by atoms with Crippen LogP contribution in [0, 0.1) is 5.82 Å². The summed E-state index contributed by atoms with van der Waals surface area (Å²) < 4.78 is 20.7. The first-order valence-corrected chi connectivity index (χ1v) is 11.4. The minimum absolute atomic E-state index is 0.183. The molecule has 2 aromatic rings. The van der Waals surface area contributed by atoms with E-state index >= 15 is 4.39 Å². The highest BCUT2D eigenvalue weighted by Gasteiger charge is 2.64. The lowest BCUT2D eigenvalue weighted by molar-refractivity contribution is -0.119. The fourth-order valence-corrected chi connectivity index (χ4v) is 4.48. The summed E-state index contributed by atoms with van der Waals surface area (Å²) in [5.74, 6) is -0.655. The van der Waals surface area contributed by atoms with E-state index in [0.717, 1.165) is 0 Å². The molecule has 3 N–H and O–H groups in total. The summed E-state index contributed by atoms with van der Waals surface area (Å²) in [4.78, 5) is 43.5. The van der Waals surface area contributed by atoms with E-state index in [1.54, 1.807) is 36.7 Å². The van der Waals surface area contributed by atoms with Crippen LogP contribution in [0.5, 0.6) is 0 Å². The van der Waals surface area contributed by atoms with Crippen molar-refractivity contribution in [1.82, 2.24) is 20.7 Å². The number of amides is 4. The minimum Gasteiger partial charge on any atom is -0.438 e. The molecular formula is C23H26FN7O4. The molecule has 3 heterocycles. The van der Waals surface area contributed by atoms with E-state index in [0.29, 0.717) is 49.7 Å². The van der Waals surface area contributed by atoms with Crippen LogP contribution in [-0.2, 0) is 9.53 Å². The van der Waals surface area contributed by atoms with E-state index in [1.807, 2.05) is 4.90 Å². The molecule has 35 heavy (non-hydrogen) atoms. The maximum atomic E-state index is 15.2. The van der Waals surface area contributed by atoms with Gasteiger partial charge in [0.2, 0.25) is 5.91 Å². The molecule has 2 aliphatic heterocycles. The molecule has 11 nitrogen and oxygen atoms in total. The Hall–Kier alpha value is -3.93. The van der Waals surface area contributed by atoms with E-state index < -0.39 is 17.5 Å². The van der Waals surface area contributed by atoms with Crippen LogP contribution >= 0.6 is 0 Å². The Kier molecular flexibility index (Phi) is 5.89. The van der Waals surface area contributed by atoms with Gasteiger partial charge in [-0.3, -0.25) is 19.7 Å². The van der Waals surface area contributed by atoms with Crippen LogP contribution < -0.4 is 25.9 Å². The van der Waals surface area contributed by atoms with E-state index in [2.05, 4.69) is 21.0 Å². The molecule has 4 amide bonds. The summed E-state index contributed by atoms with van der Waals surface area (Å²) in [5, 5.41) is 7.03. The van der Waals surface area contributed by atoms with Crippen molar-refractivity contribution >= 4 is 35.1 Å². The van der Waals surface area contributed by atoms with Crippen LogP contribution in [0.2, 0.25) is 0 Å². The fraction of sp³-hybridized carbons (Fsp3) is 0.391. The number of pyridine rings is 1. The average molecular weight is 484 g/mol. The van der Waals surface area contributed by atoms with Crippen molar-refractivity contribution in [3.05, 3.63) is 48.5 Å². The van der Waals surface area contributed by atoms with Crippen LogP contribution in [0.4, 0.5) is 31.0 Å². The molecule has 2 saturated heterocycles. The van der Waals surface area contributed by atoms with Gasteiger partial charge in [-0.05, 0) is 30.3 Å². The van der Waals surface area contributed by atoms with Gasteiger partial charge in [-0.15, -0.1) is 0 Å². The number of nitrogens with zero attached hydrogens (tertiary/aromatic N) is 4. The van der Waals surface area contributed by atoms with Crippen molar-refractivity contribution in [1.29, 1.82) is 0 Å². The summed E-state index contributed by atoms with van der Waals surface area (Å²) in [7, 11) is 0. The van der Waals surface area contributed by atoms with Crippen molar-refractivity contribution in [3.63, 3.8) is 0 Å². The second-order valence-corrected chi connectivity index (χ2v) is 8.82. The number of ether oxygens (including phenoxy) is 1. The van der Waals surface area contributed by atoms with Gasteiger partial charge in [0.05, 0.1) is 30.5 Å². The number of rotatable bonds is 4. The number of hydrazine groups is 1. The maximum Gasteiger partial charge on any atom is 0.415 e. The molecule has 0 unspecified atom stereocenters. The van der Waals surface area contributed by atoms with Crippen molar-refractivity contribution in [3.8, 4) is 0 Å². The minimum atomic E-state index is -0.741. The first kappa shape index (κ1) is 22.8. The predicted octanol–water partition coefficient (Wildman–Crippen LogP) is 1.68. The van der Waals surface area contributed by atoms with Crippen molar-refractivity contribution in [2.75, 3.05) is 47.8 Å². The normalized spacial score (nSPS) is 23.7. The van der Waals surface area contributed by atoms with Gasteiger partial charge < -0.3 is 20.3 Å². The van der Waals surface area contributed by atoms with E-state index in [-0.39, 0.29) is 24.5 Å². The number of carbonyl (C=O) groups excluding carboxylic acids is 3. The summed E-state index contributed by atoms with van der Waals surface area (Å²) in [6.45, 7) is 3.35. The maximum absolute atomic E-state index is 15.2. The second-order valence-electron chi connectivity index (χ2n) is 8.82. The summed E-state index contributed by atoms with van der Waals surface area (Å²) >= 11 is 0. The van der Waals surface area contributed by atoms with Crippen molar-refractivity contribution < 1.29 is 23.5 Å². The number of benzene rings is 1. The zero-order valence-electron chi connectivity index (χ0n) is 19.2. The third kappa shape index (κ3) is 4.69. The molecule has 5 rings (SSSR count). The van der Waals surface area contributed by atoms with Crippen molar-refractivity contribution in [2.45, 2.75) is 25.0 Å². The third-order valence-corrected chi connectivity index (χ3v) is 6.38. The zero-order chi connectivity index (χ0) is 24.6. The highest BCUT2D eigenvalue weighted by atomic mass is 19.1. The largest absolute Gasteiger partial charge is 0.438 e. The molecular weight excluding hydrogens is 457 g/mol. The Morgan fingerprint density at radius 2 is 2.00 bits per heavy atom. The lowest BCUT2D eigenvalue weighted by Gasteiger charge is -2.24. The molecule has 0 bridgehead atoms. The van der Waals surface area contributed by atoms with Crippen LogP contribution in [-0.4, -0.2) is 72.4 Å². The Balaban J connectivity index is 1.22. The van der Waals surface area contributed by atoms with Gasteiger partial charge in [-0.1, -0.05) is 0 Å². The molecule has 1 saturated carbocycles. The molecule has 1 aliphatic carbocycles. The van der Waals surface area contributed by atoms with Gasteiger partial charge in [-0.2, -0.15) is 0 Å². The number of aromatic nitrogens is 1. The Labute approximate surface area is 201 Å². The molecule has 1 aromatic heterocycles. The lowest BCUT2D eigenvalue weighted by Crippen LogP contribution is -2.46.